The number of hydrogen-bond donors (Lipinski definition) is 0. The molecule has 0 aromatic heterocycles. The number of carbonyl (C=O) groups is 1. The van der Waals surface area contributed by atoms with Gasteiger partial charge in [-0.05, 0) is 23.3 Å². The molecule has 0 N–H and O–H groups in total. The number of carbonyl (C=O) groups excluding carboxylic acids is 1. The third-order valence-corrected chi connectivity index (χ3v) is 8.03. The maximum atomic E-state index is 14.0. The van der Waals surface area contributed by atoms with E-state index < -0.39 is 21.5 Å². The van der Waals surface area contributed by atoms with Crippen molar-refractivity contribution < 1.29 is 17.9 Å². The summed E-state index contributed by atoms with van der Waals surface area (Å²) in [5.41, 5.74) is 1.64. The Bertz CT molecular complexity index is 1290. The molecule has 0 radical (unpaired) electrons. The third kappa shape index (κ3) is 3.93. The molecule has 0 fully saturated rings. The van der Waals surface area contributed by atoms with Gasteiger partial charge in [0.05, 0.1) is 10.6 Å². The molecule has 33 heavy (non-hydrogen) atoms. The van der Waals surface area contributed by atoms with Gasteiger partial charge < -0.3 is 9.64 Å². The Balaban J connectivity index is 1.51. The van der Waals surface area contributed by atoms with Crippen molar-refractivity contribution in [3.8, 4) is 0 Å². The lowest BCUT2D eigenvalue weighted by Crippen LogP contribution is -2.50. The number of hydrogen-bond acceptors (Lipinski definition) is 5. The van der Waals surface area contributed by atoms with E-state index >= 15 is 0 Å². The van der Waals surface area contributed by atoms with E-state index in [1.807, 2.05) is 54.6 Å². The minimum absolute atomic E-state index is 0.0726. The van der Waals surface area contributed by atoms with Crippen LogP contribution in [0, 0.1) is 0 Å². The predicted molar refractivity (Wildman–Crippen MR) is 126 cm³/mol. The molecule has 2 aliphatic heterocycles. The number of aliphatic imine (C=N–C) groups is 1. The van der Waals surface area contributed by atoms with E-state index in [2.05, 4.69) is 4.99 Å². The number of rotatable bonds is 6. The minimum atomic E-state index is -3.54. The molecule has 0 bridgehead atoms. The second-order valence-corrected chi connectivity index (χ2v) is 10.5. The number of amides is 1. The second kappa shape index (κ2) is 8.48. The largest absolute Gasteiger partial charge is 0.472 e. The summed E-state index contributed by atoms with van der Waals surface area (Å²) >= 11 is 0. The molecule has 1 amide bonds. The molecule has 2 heterocycles. The molecule has 168 valence electrons. The van der Waals surface area contributed by atoms with Crippen LogP contribution >= 0.6 is 0 Å². The normalized spacial score (nSPS) is 21.8. The van der Waals surface area contributed by atoms with E-state index in [4.69, 9.17) is 4.74 Å². The Morgan fingerprint density at radius 1 is 0.939 bits per heavy atom. The van der Waals surface area contributed by atoms with Gasteiger partial charge in [-0.2, -0.15) is 0 Å². The Morgan fingerprint density at radius 2 is 1.61 bits per heavy atom. The van der Waals surface area contributed by atoms with E-state index in [0.717, 1.165) is 16.7 Å². The highest BCUT2D eigenvalue weighted by Gasteiger charge is 2.54. The Labute approximate surface area is 193 Å². The van der Waals surface area contributed by atoms with Crippen LogP contribution in [0.2, 0.25) is 0 Å². The summed E-state index contributed by atoms with van der Waals surface area (Å²) < 4.78 is 31.8. The SMILES string of the molecule is O=C1N(CCS(=O)(=O)c2ccccc2)Cc2ccccc2[C@@H]2OC=N[C@]12Cc1ccccc1. The van der Waals surface area contributed by atoms with Crippen molar-refractivity contribution in [2.45, 2.75) is 29.5 Å². The highest BCUT2D eigenvalue weighted by Crippen LogP contribution is 2.44. The molecule has 3 aromatic rings. The monoisotopic (exact) mass is 460 g/mol. The summed E-state index contributed by atoms with van der Waals surface area (Å²) in [7, 11) is -3.54. The van der Waals surface area contributed by atoms with E-state index in [9.17, 15) is 13.2 Å². The van der Waals surface area contributed by atoms with Gasteiger partial charge in [0, 0.05) is 25.1 Å². The fourth-order valence-corrected chi connectivity index (χ4v) is 5.89. The average molecular weight is 461 g/mol. The van der Waals surface area contributed by atoms with Gasteiger partial charge >= 0.3 is 0 Å². The van der Waals surface area contributed by atoms with E-state index in [0.29, 0.717) is 13.0 Å². The minimum Gasteiger partial charge on any atom is -0.472 e. The quantitative estimate of drug-likeness (QED) is 0.563. The number of benzene rings is 3. The topological polar surface area (TPSA) is 76.0 Å². The molecule has 5 rings (SSSR count). The van der Waals surface area contributed by atoms with Crippen molar-refractivity contribution >= 4 is 22.1 Å². The van der Waals surface area contributed by atoms with Crippen LogP contribution in [-0.2, 0) is 32.3 Å². The molecule has 2 atom stereocenters. The van der Waals surface area contributed by atoms with Gasteiger partial charge in [-0.3, -0.25) is 4.79 Å². The Morgan fingerprint density at radius 3 is 2.36 bits per heavy atom. The summed E-state index contributed by atoms with van der Waals surface area (Å²) in [6, 6.07) is 25.8. The first-order valence-corrected chi connectivity index (χ1v) is 12.5. The molecule has 0 saturated carbocycles. The van der Waals surface area contributed by atoms with Crippen molar-refractivity contribution in [3.05, 3.63) is 102 Å². The lowest BCUT2D eigenvalue weighted by molar-refractivity contribution is -0.139. The zero-order valence-corrected chi connectivity index (χ0v) is 18.8. The summed E-state index contributed by atoms with van der Waals surface area (Å²) in [5.74, 6) is -0.383. The molecule has 0 saturated heterocycles. The molecule has 0 unspecified atom stereocenters. The third-order valence-electron chi connectivity index (χ3n) is 6.32. The van der Waals surface area contributed by atoms with Gasteiger partial charge in [-0.15, -0.1) is 0 Å². The molecule has 0 spiro atoms. The number of ether oxygens (including phenoxy) is 1. The van der Waals surface area contributed by atoms with Crippen LogP contribution in [0.1, 0.15) is 22.8 Å². The average Bonchev–Trinajstić information content (AvgIpc) is 3.23. The van der Waals surface area contributed by atoms with Crippen LogP contribution in [0.3, 0.4) is 0 Å². The van der Waals surface area contributed by atoms with Crippen molar-refractivity contribution in [1.29, 1.82) is 0 Å². The van der Waals surface area contributed by atoms with Crippen LogP contribution in [0.5, 0.6) is 0 Å². The molecule has 0 aliphatic carbocycles. The zero-order chi connectivity index (χ0) is 22.9. The van der Waals surface area contributed by atoms with Gasteiger partial charge in [0.15, 0.2) is 27.9 Å². The van der Waals surface area contributed by atoms with Gasteiger partial charge in [0.1, 0.15) is 0 Å². The fourth-order valence-electron chi connectivity index (χ4n) is 4.63. The Kier molecular flexibility index (Phi) is 5.50. The lowest BCUT2D eigenvalue weighted by Gasteiger charge is -2.32. The predicted octanol–water partition coefficient (Wildman–Crippen LogP) is 3.58. The molecular weight excluding hydrogens is 436 g/mol. The smallest absolute Gasteiger partial charge is 0.255 e. The van der Waals surface area contributed by atoms with E-state index in [1.54, 1.807) is 35.2 Å². The first kappa shape index (κ1) is 21.4. The number of fused-ring (bicyclic) bond motifs is 3. The van der Waals surface area contributed by atoms with Gasteiger partial charge in [0.25, 0.3) is 5.91 Å². The summed E-state index contributed by atoms with van der Waals surface area (Å²) in [4.78, 5) is 20.5. The van der Waals surface area contributed by atoms with Crippen LogP contribution in [-0.4, -0.2) is 43.5 Å². The Hall–Kier alpha value is -3.45. The first-order valence-electron chi connectivity index (χ1n) is 10.9. The summed E-state index contributed by atoms with van der Waals surface area (Å²) in [6.45, 7) is 0.383. The second-order valence-electron chi connectivity index (χ2n) is 8.39. The molecule has 7 heteroatoms. The number of nitrogens with zero attached hydrogens (tertiary/aromatic N) is 2. The van der Waals surface area contributed by atoms with Crippen molar-refractivity contribution in [3.63, 3.8) is 0 Å². The first-order chi connectivity index (χ1) is 16.0. The lowest BCUT2D eigenvalue weighted by atomic mass is 9.82. The number of sulfone groups is 1. The van der Waals surface area contributed by atoms with E-state index in [-0.39, 0.29) is 23.1 Å². The maximum Gasteiger partial charge on any atom is 0.255 e. The zero-order valence-electron chi connectivity index (χ0n) is 18.0. The highest BCUT2D eigenvalue weighted by atomic mass is 32.2. The van der Waals surface area contributed by atoms with Gasteiger partial charge in [0.2, 0.25) is 0 Å². The molecule has 6 nitrogen and oxygen atoms in total. The maximum absolute atomic E-state index is 14.0. The van der Waals surface area contributed by atoms with Crippen LogP contribution in [0.4, 0.5) is 0 Å². The van der Waals surface area contributed by atoms with Crippen LogP contribution in [0.15, 0.2) is 94.8 Å². The summed E-state index contributed by atoms with van der Waals surface area (Å²) in [5, 5.41) is 0. The fraction of sp³-hybridized carbons (Fsp3) is 0.231. The van der Waals surface area contributed by atoms with Crippen LogP contribution in [0.25, 0.3) is 0 Å². The highest BCUT2D eigenvalue weighted by molar-refractivity contribution is 7.91. The van der Waals surface area contributed by atoms with E-state index in [1.165, 1.54) is 6.40 Å². The molecular formula is C26H24N2O4S. The van der Waals surface area contributed by atoms with Crippen LogP contribution < -0.4 is 0 Å². The standard InChI is InChI=1S/C26H24N2O4S/c29-25-26(17-20-9-3-1-4-10-20)24(32-19-27-26)23-14-8-7-11-21(23)18-28(25)15-16-33(30,31)22-12-5-2-6-13-22/h1-14,19,24H,15-18H2/t24-,26-/m0/s1. The van der Waals surface area contributed by atoms with Gasteiger partial charge in [-0.25, -0.2) is 13.4 Å². The van der Waals surface area contributed by atoms with Crippen molar-refractivity contribution in [1.82, 2.24) is 4.90 Å². The summed E-state index contributed by atoms with van der Waals surface area (Å²) in [6.07, 6.45) is 1.17. The molecule has 3 aromatic carbocycles. The molecule has 2 aliphatic rings. The van der Waals surface area contributed by atoms with Crippen molar-refractivity contribution in [2.24, 2.45) is 4.99 Å². The van der Waals surface area contributed by atoms with Crippen molar-refractivity contribution in [2.75, 3.05) is 12.3 Å². The van der Waals surface area contributed by atoms with Gasteiger partial charge in [-0.1, -0.05) is 72.8 Å².